The molecule has 0 spiro atoms. The lowest BCUT2D eigenvalue weighted by Crippen LogP contribution is -2.58. The number of aryl methyl sites for hydroxylation is 1. The summed E-state index contributed by atoms with van der Waals surface area (Å²) in [4.78, 5) is 41.6. The lowest BCUT2D eigenvalue weighted by molar-refractivity contribution is -0.147. The number of benzene rings is 2. The van der Waals surface area contributed by atoms with Crippen molar-refractivity contribution in [3.63, 3.8) is 0 Å². The molecule has 3 amide bonds. The van der Waals surface area contributed by atoms with Crippen molar-refractivity contribution >= 4 is 23.6 Å². The van der Waals surface area contributed by atoms with Crippen LogP contribution >= 0.6 is 0 Å². The minimum Gasteiger partial charge on any atom is -0.508 e. The minimum atomic E-state index is -1.17. The number of amides is 3. The lowest BCUT2D eigenvalue weighted by Gasteiger charge is -2.44. The molecule has 0 heterocycles. The number of alkyl carbamates (subject to hydrolysis) is 1. The van der Waals surface area contributed by atoms with Crippen molar-refractivity contribution in [3.8, 4) is 5.75 Å². The summed E-state index contributed by atoms with van der Waals surface area (Å²) in [7, 11) is 0. The third kappa shape index (κ3) is 7.23. The fourth-order valence-corrected chi connectivity index (χ4v) is 3.73. The molecule has 0 radical (unpaired) electrons. The number of phenols is 1. The van der Waals surface area contributed by atoms with Crippen LogP contribution < -0.4 is 10.6 Å². The second kappa shape index (κ2) is 11.5. The summed E-state index contributed by atoms with van der Waals surface area (Å²) < 4.78 is 5.31. The van der Waals surface area contributed by atoms with Gasteiger partial charge in [0.1, 0.15) is 23.4 Å². The van der Waals surface area contributed by atoms with Crippen LogP contribution in [0.2, 0.25) is 0 Å². The number of hydrogen-bond donors (Lipinski definition) is 3. The predicted octanol–water partition coefficient (Wildman–Crippen LogP) is 5.31. The van der Waals surface area contributed by atoms with E-state index in [-0.39, 0.29) is 11.3 Å². The highest BCUT2D eigenvalue weighted by Gasteiger charge is 2.43. The van der Waals surface area contributed by atoms with E-state index in [1.54, 1.807) is 52.0 Å². The Bertz CT molecular complexity index is 1090. The van der Waals surface area contributed by atoms with Crippen molar-refractivity contribution in [2.45, 2.75) is 85.0 Å². The predicted molar refractivity (Wildman–Crippen MR) is 141 cm³/mol. The number of para-hydroxylation sites is 2. The van der Waals surface area contributed by atoms with Crippen LogP contribution in [0, 0.1) is 6.92 Å². The van der Waals surface area contributed by atoms with Crippen molar-refractivity contribution in [1.82, 2.24) is 10.2 Å². The Hall–Kier alpha value is -3.55. The zero-order valence-electron chi connectivity index (χ0n) is 22.5. The van der Waals surface area contributed by atoms with Crippen LogP contribution in [0.1, 0.15) is 72.1 Å². The van der Waals surface area contributed by atoms with Crippen molar-refractivity contribution in [3.05, 3.63) is 59.7 Å². The summed E-state index contributed by atoms with van der Waals surface area (Å²) >= 11 is 0. The topological polar surface area (TPSA) is 108 Å². The molecule has 0 aliphatic rings. The van der Waals surface area contributed by atoms with Crippen LogP contribution in [0.15, 0.2) is 48.5 Å². The summed E-state index contributed by atoms with van der Waals surface area (Å²) in [6.07, 6.45) is -0.222. The van der Waals surface area contributed by atoms with Crippen LogP contribution in [0.5, 0.6) is 5.75 Å². The molecule has 2 aromatic rings. The van der Waals surface area contributed by atoms with Gasteiger partial charge in [0, 0.05) is 16.8 Å². The Morgan fingerprint density at radius 2 is 1.58 bits per heavy atom. The Morgan fingerprint density at radius 1 is 1.00 bits per heavy atom. The summed E-state index contributed by atoms with van der Waals surface area (Å²) in [6.45, 7) is 14.2. The first-order valence-corrected chi connectivity index (χ1v) is 12.1. The number of ether oxygens (including phenoxy) is 1. The Kier molecular flexibility index (Phi) is 9.13. The minimum absolute atomic E-state index is 0.111. The maximum Gasteiger partial charge on any atom is 0.408 e. The van der Waals surface area contributed by atoms with Crippen molar-refractivity contribution in [2.75, 3.05) is 5.32 Å². The fourth-order valence-electron chi connectivity index (χ4n) is 3.73. The second-order valence-electron chi connectivity index (χ2n) is 10.5. The number of carbonyl (C=O) groups is 3. The van der Waals surface area contributed by atoms with E-state index in [1.807, 2.05) is 45.9 Å². The molecule has 0 saturated carbocycles. The number of anilines is 1. The highest BCUT2D eigenvalue weighted by molar-refractivity contribution is 6.00. The zero-order chi connectivity index (χ0) is 27.3. The summed E-state index contributed by atoms with van der Waals surface area (Å²) in [5, 5.41) is 16.2. The molecule has 3 N–H and O–H groups in total. The molecule has 2 unspecified atom stereocenters. The summed E-state index contributed by atoms with van der Waals surface area (Å²) in [5.41, 5.74) is 0.194. The molecule has 0 aliphatic carbocycles. The van der Waals surface area contributed by atoms with Crippen molar-refractivity contribution < 1.29 is 24.2 Å². The number of hydrogen-bond acceptors (Lipinski definition) is 5. The van der Waals surface area contributed by atoms with E-state index >= 15 is 0 Å². The van der Waals surface area contributed by atoms with E-state index in [0.717, 1.165) is 5.56 Å². The van der Waals surface area contributed by atoms with Crippen LogP contribution in [0.3, 0.4) is 0 Å². The molecule has 8 nitrogen and oxygen atoms in total. The molecule has 0 saturated heterocycles. The molecule has 0 aliphatic heterocycles. The van der Waals surface area contributed by atoms with E-state index in [1.165, 1.54) is 11.0 Å². The van der Waals surface area contributed by atoms with E-state index in [9.17, 15) is 19.5 Å². The van der Waals surface area contributed by atoms with Crippen LogP contribution in [0.25, 0.3) is 0 Å². The van der Waals surface area contributed by atoms with Gasteiger partial charge in [-0.15, -0.1) is 0 Å². The average Bonchev–Trinajstić information content (AvgIpc) is 2.77. The van der Waals surface area contributed by atoms with Gasteiger partial charge < -0.3 is 25.4 Å². The fraction of sp³-hybridized carbons (Fsp3) is 0.464. The van der Waals surface area contributed by atoms with Gasteiger partial charge in [-0.25, -0.2) is 4.79 Å². The summed E-state index contributed by atoms with van der Waals surface area (Å²) in [6, 6.07) is 11.6. The molecular weight excluding hydrogens is 458 g/mol. The normalized spacial score (nSPS) is 13.3. The maximum absolute atomic E-state index is 13.9. The number of rotatable bonds is 8. The monoisotopic (exact) mass is 497 g/mol. The first kappa shape index (κ1) is 28.7. The summed E-state index contributed by atoms with van der Waals surface area (Å²) in [5.74, 6) is -1.08. The maximum atomic E-state index is 13.9. The highest BCUT2D eigenvalue weighted by Crippen LogP contribution is 2.36. The number of nitrogens with zero attached hydrogens (tertiary/aromatic N) is 1. The SMILES string of the molecule is CCC(C)(C)N(C(=O)C(C)NC(=O)OC(C)(C)C)C(C(=O)Nc1ccccc1C)c1ccccc1O. The van der Waals surface area contributed by atoms with Crippen molar-refractivity contribution in [2.24, 2.45) is 0 Å². The largest absolute Gasteiger partial charge is 0.508 e. The van der Waals surface area contributed by atoms with Gasteiger partial charge in [-0.05, 0) is 72.6 Å². The molecule has 8 heteroatoms. The van der Waals surface area contributed by atoms with Gasteiger partial charge in [-0.3, -0.25) is 9.59 Å². The van der Waals surface area contributed by atoms with Gasteiger partial charge in [-0.1, -0.05) is 43.3 Å². The first-order chi connectivity index (χ1) is 16.7. The number of carbonyl (C=O) groups excluding carboxylic acids is 3. The van der Waals surface area contributed by atoms with Crippen LogP contribution in [-0.4, -0.2) is 45.1 Å². The highest BCUT2D eigenvalue weighted by atomic mass is 16.6. The van der Waals surface area contributed by atoms with Gasteiger partial charge in [0.05, 0.1) is 0 Å². The van der Waals surface area contributed by atoms with Gasteiger partial charge in [0.25, 0.3) is 5.91 Å². The molecule has 0 aromatic heterocycles. The molecule has 36 heavy (non-hydrogen) atoms. The zero-order valence-corrected chi connectivity index (χ0v) is 22.5. The van der Waals surface area contributed by atoms with E-state index < -0.39 is 41.1 Å². The molecule has 0 bridgehead atoms. The van der Waals surface area contributed by atoms with Gasteiger partial charge in [0.2, 0.25) is 5.91 Å². The standard InChI is InChI=1S/C28H39N3O5/c1-9-28(7,8)31(25(34)19(3)29-26(35)36-27(4,5)6)23(20-15-11-13-17-22(20)32)24(33)30-21-16-12-10-14-18(21)2/h10-17,19,23,32H,9H2,1-8H3,(H,29,35)(H,30,33). The molecule has 0 fully saturated rings. The average molecular weight is 498 g/mol. The Labute approximate surface area is 214 Å². The molecule has 2 atom stereocenters. The van der Waals surface area contributed by atoms with Gasteiger partial charge in [-0.2, -0.15) is 0 Å². The Morgan fingerprint density at radius 3 is 2.14 bits per heavy atom. The first-order valence-electron chi connectivity index (χ1n) is 12.1. The van der Waals surface area contributed by atoms with Crippen LogP contribution in [0.4, 0.5) is 10.5 Å². The molecule has 2 rings (SSSR count). The quantitative estimate of drug-likeness (QED) is 0.458. The van der Waals surface area contributed by atoms with Gasteiger partial charge in [0.15, 0.2) is 0 Å². The van der Waals surface area contributed by atoms with E-state index in [2.05, 4.69) is 10.6 Å². The third-order valence-corrected chi connectivity index (χ3v) is 6.00. The Balaban J connectivity index is 2.56. The van der Waals surface area contributed by atoms with Gasteiger partial charge >= 0.3 is 6.09 Å². The van der Waals surface area contributed by atoms with E-state index in [0.29, 0.717) is 12.1 Å². The van der Waals surface area contributed by atoms with Crippen LogP contribution in [-0.2, 0) is 14.3 Å². The molecule has 196 valence electrons. The number of phenolic OH excluding ortho intramolecular Hbond substituents is 1. The molecule has 2 aromatic carbocycles. The molecular formula is C28H39N3O5. The number of nitrogens with one attached hydrogen (secondary N) is 2. The lowest BCUT2D eigenvalue weighted by atomic mass is 9.91. The second-order valence-corrected chi connectivity index (χ2v) is 10.5. The van der Waals surface area contributed by atoms with Crippen molar-refractivity contribution in [1.29, 1.82) is 0 Å². The van der Waals surface area contributed by atoms with E-state index in [4.69, 9.17) is 4.74 Å². The third-order valence-electron chi connectivity index (χ3n) is 6.00. The number of aromatic hydroxyl groups is 1. The smallest absolute Gasteiger partial charge is 0.408 e.